The lowest BCUT2D eigenvalue weighted by Crippen LogP contribution is -2.08. The highest BCUT2D eigenvalue weighted by Gasteiger charge is 2.09. The van der Waals surface area contributed by atoms with Crippen molar-refractivity contribution in [1.82, 2.24) is 0 Å². The molecule has 1 rings (SSSR count). The third kappa shape index (κ3) is 6.90. The number of allylic oxidation sites excluding steroid dienone is 1. The molecule has 0 radical (unpaired) electrons. The van der Waals surface area contributed by atoms with Crippen molar-refractivity contribution in [3.8, 4) is 0 Å². The number of rotatable bonds is 8. The largest absolute Gasteiger partial charge is 0.389 e. The second kappa shape index (κ2) is 8.96. The van der Waals surface area contributed by atoms with Gasteiger partial charge in [0.1, 0.15) is 0 Å². The van der Waals surface area contributed by atoms with Gasteiger partial charge in [-0.1, -0.05) is 48.1 Å². The summed E-state index contributed by atoms with van der Waals surface area (Å²) in [7, 11) is 0. The van der Waals surface area contributed by atoms with E-state index in [1.165, 1.54) is 0 Å². The Hall–Kier alpha value is -1.09. The Morgan fingerprint density at radius 3 is 2.45 bits per heavy atom. The predicted molar refractivity (Wildman–Crippen MR) is 84.9 cm³/mol. The summed E-state index contributed by atoms with van der Waals surface area (Å²) in [5, 5.41) is 19.8. The average Bonchev–Trinajstić information content (AvgIpc) is 2.42. The van der Waals surface area contributed by atoms with Gasteiger partial charge >= 0.3 is 0 Å². The maximum atomic E-state index is 9.93. The molecule has 0 aliphatic carbocycles. The first-order chi connectivity index (χ1) is 9.49. The summed E-state index contributed by atoms with van der Waals surface area (Å²) in [6, 6.07) is 9.35. The second-order valence-electron chi connectivity index (χ2n) is 5.14. The van der Waals surface area contributed by atoms with Crippen LogP contribution < -0.4 is 0 Å². The van der Waals surface area contributed by atoms with E-state index >= 15 is 0 Å². The van der Waals surface area contributed by atoms with Crippen LogP contribution in [0, 0.1) is 0 Å². The molecule has 20 heavy (non-hydrogen) atoms. The zero-order valence-corrected chi connectivity index (χ0v) is 12.6. The van der Waals surface area contributed by atoms with Crippen LogP contribution >= 0.6 is 11.6 Å². The summed E-state index contributed by atoms with van der Waals surface area (Å²) in [4.78, 5) is 0. The first-order valence-electron chi connectivity index (χ1n) is 6.87. The first-order valence-corrected chi connectivity index (χ1v) is 7.30. The Morgan fingerprint density at radius 2 is 1.85 bits per heavy atom. The molecular formula is C17H23ClO2. The summed E-state index contributed by atoms with van der Waals surface area (Å²) >= 11 is 6.13. The SMILES string of the molecule is C=C(C)C[C@H](Cl)CCC(O)/C=C/C(O)c1ccccc1. The number of aliphatic hydroxyl groups excluding tert-OH is 2. The second-order valence-corrected chi connectivity index (χ2v) is 5.76. The minimum absolute atomic E-state index is 0.00889. The maximum Gasteiger partial charge on any atom is 0.0972 e. The van der Waals surface area contributed by atoms with Crippen molar-refractivity contribution in [2.45, 2.75) is 43.8 Å². The molecule has 2 unspecified atom stereocenters. The van der Waals surface area contributed by atoms with E-state index in [1.807, 2.05) is 37.3 Å². The Bertz CT molecular complexity index is 428. The highest BCUT2D eigenvalue weighted by atomic mass is 35.5. The van der Waals surface area contributed by atoms with Gasteiger partial charge in [0.25, 0.3) is 0 Å². The summed E-state index contributed by atoms with van der Waals surface area (Å²) in [6.07, 6.45) is 4.04. The molecule has 0 amide bonds. The molecule has 0 spiro atoms. The highest BCUT2D eigenvalue weighted by Crippen LogP contribution is 2.17. The van der Waals surface area contributed by atoms with E-state index in [4.69, 9.17) is 11.6 Å². The van der Waals surface area contributed by atoms with Gasteiger partial charge in [-0.05, 0) is 31.7 Å². The molecule has 3 atom stereocenters. The molecule has 0 fully saturated rings. The summed E-state index contributed by atoms with van der Waals surface area (Å²) < 4.78 is 0. The first kappa shape index (κ1) is 17.0. The molecule has 0 bridgehead atoms. The van der Waals surface area contributed by atoms with Crippen LogP contribution in [0.4, 0.5) is 0 Å². The molecule has 110 valence electrons. The number of benzene rings is 1. The van der Waals surface area contributed by atoms with E-state index in [1.54, 1.807) is 12.2 Å². The summed E-state index contributed by atoms with van der Waals surface area (Å²) in [5.41, 5.74) is 1.86. The third-order valence-corrected chi connectivity index (χ3v) is 3.37. The monoisotopic (exact) mass is 294 g/mol. The van der Waals surface area contributed by atoms with E-state index in [0.29, 0.717) is 6.42 Å². The van der Waals surface area contributed by atoms with Crippen LogP contribution in [0.2, 0.25) is 0 Å². The van der Waals surface area contributed by atoms with Crippen LogP contribution in [0.1, 0.15) is 37.9 Å². The summed E-state index contributed by atoms with van der Waals surface area (Å²) in [6.45, 7) is 5.77. The molecule has 2 N–H and O–H groups in total. The van der Waals surface area contributed by atoms with E-state index < -0.39 is 12.2 Å². The molecule has 1 aromatic rings. The Morgan fingerprint density at radius 1 is 1.20 bits per heavy atom. The zero-order chi connectivity index (χ0) is 15.0. The highest BCUT2D eigenvalue weighted by molar-refractivity contribution is 6.20. The molecule has 0 heterocycles. The number of halogens is 1. The lowest BCUT2D eigenvalue weighted by Gasteiger charge is -2.11. The van der Waals surface area contributed by atoms with Gasteiger partial charge in [0.15, 0.2) is 0 Å². The fourth-order valence-electron chi connectivity index (χ4n) is 1.92. The number of hydrogen-bond acceptors (Lipinski definition) is 2. The average molecular weight is 295 g/mol. The van der Waals surface area contributed by atoms with Crippen LogP contribution in [0.15, 0.2) is 54.6 Å². The topological polar surface area (TPSA) is 40.5 Å². The predicted octanol–water partition coefficient (Wildman–Crippen LogP) is 3.99. The molecule has 0 saturated carbocycles. The molecule has 2 nitrogen and oxygen atoms in total. The lowest BCUT2D eigenvalue weighted by molar-refractivity contribution is 0.199. The van der Waals surface area contributed by atoms with Gasteiger partial charge < -0.3 is 10.2 Å². The normalized spacial score (nSPS) is 16.0. The van der Waals surface area contributed by atoms with Crippen LogP contribution in [-0.2, 0) is 0 Å². The smallest absolute Gasteiger partial charge is 0.0972 e. The van der Waals surface area contributed by atoms with Crippen molar-refractivity contribution in [2.24, 2.45) is 0 Å². The molecule has 3 heteroatoms. The van der Waals surface area contributed by atoms with Crippen LogP contribution in [-0.4, -0.2) is 21.7 Å². The molecule has 1 aromatic carbocycles. The molecular weight excluding hydrogens is 272 g/mol. The Balaban J connectivity index is 2.36. The van der Waals surface area contributed by atoms with Gasteiger partial charge in [0.2, 0.25) is 0 Å². The molecule has 0 saturated heterocycles. The van der Waals surface area contributed by atoms with Crippen molar-refractivity contribution in [1.29, 1.82) is 0 Å². The number of hydrogen-bond donors (Lipinski definition) is 2. The number of alkyl halides is 1. The van der Waals surface area contributed by atoms with E-state index in [2.05, 4.69) is 6.58 Å². The molecule has 0 aliphatic rings. The molecule has 0 aliphatic heterocycles. The van der Waals surface area contributed by atoms with Crippen molar-refractivity contribution in [3.63, 3.8) is 0 Å². The van der Waals surface area contributed by atoms with Gasteiger partial charge in [-0.25, -0.2) is 0 Å². The quantitative estimate of drug-likeness (QED) is 0.562. The molecule has 0 aromatic heterocycles. The maximum absolute atomic E-state index is 9.93. The van der Waals surface area contributed by atoms with Gasteiger partial charge in [0, 0.05) is 5.38 Å². The zero-order valence-electron chi connectivity index (χ0n) is 11.9. The van der Waals surface area contributed by atoms with E-state index in [-0.39, 0.29) is 5.38 Å². The van der Waals surface area contributed by atoms with Gasteiger partial charge in [-0.15, -0.1) is 18.2 Å². The lowest BCUT2D eigenvalue weighted by atomic mass is 10.0. The van der Waals surface area contributed by atoms with Crippen molar-refractivity contribution in [3.05, 3.63) is 60.2 Å². The summed E-state index contributed by atoms with van der Waals surface area (Å²) in [5.74, 6) is 0. The van der Waals surface area contributed by atoms with Crippen molar-refractivity contribution in [2.75, 3.05) is 0 Å². The minimum atomic E-state index is -0.687. The van der Waals surface area contributed by atoms with Crippen molar-refractivity contribution >= 4 is 11.6 Å². The fraction of sp³-hybridized carbons (Fsp3) is 0.412. The Kier molecular flexibility index (Phi) is 7.60. The van der Waals surface area contributed by atoms with E-state index in [0.717, 1.165) is 24.0 Å². The van der Waals surface area contributed by atoms with Crippen LogP contribution in [0.5, 0.6) is 0 Å². The van der Waals surface area contributed by atoms with Crippen LogP contribution in [0.25, 0.3) is 0 Å². The fourth-order valence-corrected chi connectivity index (χ4v) is 2.31. The van der Waals surface area contributed by atoms with Gasteiger partial charge in [0.05, 0.1) is 12.2 Å². The van der Waals surface area contributed by atoms with Gasteiger partial charge in [-0.3, -0.25) is 0 Å². The standard InChI is InChI=1S/C17H23ClO2/c1-13(2)12-15(18)8-9-16(19)10-11-17(20)14-6-4-3-5-7-14/h3-7,10-11,15-17,19-20H,1,8-9,12H2,2H3/b11-10+/t15-,16?,17?/m1/s1. The van der Waals surface area contributed by atoms with E-state index in [9.17, 15) is 10.2 Å². The number of aliphatic hydroxyl groups is 2. The van der Waals surface area contributed by atoms with Crippen LogP contribution in [0.3, 0.4) is 0 Å². The van der Waals surface area contributed by atoms with Crippen molar-refractivity contribution < 1.29 is 10.2 Å². The van der Waals surface area contributed by atoms with Gasteiger partial charge in [-0.2, -0.15) is 0 Å². The Labute approximate surface area is 126 Å². The minimum Gasteiger partial charge on any atom is -0.389 e. The third-order valence-electron chi connectivity index (χ3n) is 3.00.